The number of hydrogen-bond acceptors (Lipinski definition) is 8. The van der Waals surface area contributed by atoms with E-state index in [-0.39, 0.29) is 52.3 Å². The molecule has 45 heavy (non-hydrogen) atoms. The molecule has 2 bridgehead atoms. The number of non-ortho nitro benzene ring substituents is 1. The fourth-order valence-corrected chi connectivity index (χ4v) is 7.14. The Morgan fingerprint density at radius 2 is 1.76 bits per heavy atom. The monoisotopic (exact) mass is 621 g/mol. The van der Waals surface area contributed by atoms with Gasteiger partial charge in [-0.2, -0.15) is 0 Å². The molecular weight excluding hydrogens is 598 g/mol. The van der Waals surface area contributed by atoms with Gasteiger partial charge in [0.25, 0.3) is 5.69 Å². The topological polar surface area (TPSA) is 137 Å². The highest BCUT2D eigenvalue weighted by Gasteiger charge is 2.60. The van der Waals surface area contributed by atoms with Gasteiger partial charge >= 0.3 is 5.97 Å². The number of pyridine rings is 1. The number of carbonyl (C=O) groups is 4. The molecule has 4 aromatic rings. The molecule has 1 aromatic heterocycles. The van der Waals surface area contributed by atoms with Crippen molar-refractivity contribution in [2.24, 2.45) is 23.7 Å². The Morgan fingerprint density at radius 3 is 2.51 bits per heavy atom. The van der Waals surface area contributed by atoms with E-state index in [9.17, 15) is 29.3 Å². The van der Waals surface area contributed by atoms with Crippen LogP contribution in [0.2, 0.25) is 5.02 Å². The van der Waals surface area contributed by atoms with Gasteiger partial charge in [-0.05, 0) is 49.4 Å². The summed E-state index contributed by atoms with van der Waals surface area (Å²) in [5.74, 6) is -2.15. The lowest BCUT2D eigenvalue weighted by Gasteiger charge is -2.19. The molecule has 4 atom stereocenters. The van der Waals surface area contributed by atoms with Crippen molar-refractivity contribution < 1.29 is 28.8 Å². The van der Waals surface area contributed by atoms with Crippen LogP contribution in [-0.2, 0) is 14.3 Å². The number of anilines is 1. The van der Waals surface area contributed by atoms with Gasteiger partial charge in [0.05, 0.1) is 44.2 Å². The van der Waals surface area contributed by atoms with Crippen molar-refractivity contribution in [2.45, 2.75) is 13.3 Å². The van der Waals surface area contributed by atoms with E-state index in [2.05, 4.69) is 11.1 Å². The molecule has 1 saturated carbocycles. The van der Waals surface area contributed by atoms with Crippen LogP contribution in [0, 0.1) is 33.8 Å². The van der Waals surface area contributed by atoms with Crippen LogP contribution in [0.1, 0.15) is 34.1 Å². The highest BCUT2D eigenvalue weighted by atomic mass is 35.5. The third-order valence-corrected chi connectivity index (χ3v) is 9.33. The maximum Gasteiger partial charge on any atom is 0.339 e. The summed E-state index contributed by atoms with van der Waals surface area (Å²) in [6.07, 6.45) is 2.99. The number of nitro benzene ring substituents is 1. The Hall–Kier alpha value is -5.22. The number of nitrogens with zero attached hydrogens (tertiary/aromatic N) is 3. The van der Waals surface area contributed by atoms with E-state index < -0.39 is 23.3 Å². The zero-order valence-corrected chi connectivity index (χ0v) is 24.6. The zero-order valence-electron chi connectivity index (χ0n) is 23.8. The van der Waals surface area contributed by atoms with Crippen molar-refractivity contribution in [3.8, 4) is 11.3 Å². The van der Waals surface area contributed by atoms with E-state index in [1.807, 2.05) is 6.92 Å². The standard InChI is InChI=1S/C34H24ClN3O7/c1-17-12-20-14-24(17)30-29(20)32(40)37(33(30)41)21-10-8-18(9-11-21)27-15-25(23-6-3-7-26(35)31(23)36-27)34(42)45-16-28(39)19-4-2-5-22(13-19)38(43)44/h2-13,15,20,24,29-30H,14,16H2,1H3. The van der Waals surface area contributed by atoms with Gasteiger partial charge in [-0.1, -0.05) is 59.6 Å². The summed E-state index contributed by atoms with van der Waals surface area (Å²) in [5, 5.41) is 11.8. The van der Waals surface area contributed by atoms with Crippen molar-refractivity contribution in [2.75, 3.05) is 11.5 Å². The number of esters is 1. The van der Waals surface area contributed by atoms with Crippen LogP contribution in [0.25, 0.3) is 22.2 Å². The van der Waals surface area contributed by atoms with Gasteiger partial charge in [-0.3, -0.25) is 29.4 Å². The smallest absolute Gasteiger partial charge is 0.339 e. The number of nitro groups is 1. The molecular formula is C34H24ClN3O7. The number of imide groups is 1. The van der Waals surface area contributed by atoms with Gasteiger partial charge in [0.1, 0.15) is 0 Å². The normalized spacial score (nSPS) is 21.6. The van der Waals surface area contributed by atoms with E-state index in [1.165, 1.54) is 34.7 Å². The summed E-state index contributed by atoms with van der Waals surface area (Å²) in [6.45, 7) is 1.39. The lowest BCUT2D eigenvalue weighted by molar-refractivity contribution is -0.384. The summed E-state index contributed by atoms with van der Waals surface area (Å²) in [6, 6.07) is 18.4. The molecule has 11 heteroatoms. The van der Waals surface area contributed by atoms with Crippen molar-refractivity contribution in [1.82, 2.24) is 4.98 Å². The lowest BCUT2D eigenvalue weighted by atomic mass is 9.82. The van der Waals surface area contributed by atoms with Gasteiger partial charge in [0, 0.05) is 28.6 Å². The number of Topliss-reactive ketones (excluding diaryl/α,β-unsaturated/α-hetero) is 1. The molecule has 224 valence electrons. The number of halogens is 1. The molecule has 0 N–H and O–H groups in total. The number of amides is 2. The van der Waals surface area contributed by atoms with Crippen LogP contribution in [0.3, 0.4) is 0 Å². The van der Waals surface area contributed by atoms with Gasteiger partial charge < -0.3 is 4.74 Å². The van der Waals surface area contributed by atoms with Crippen LogP contribution in [0.5, 0.6) is 0 Å². The number of ketones is 1. The molecule has 2 amide bonds. The SMILES string of the molecule is CC1=CC2CC1C1C(=O)N(c3ccc(-c4cc(C(=O)OCC(=O)c5cccc([N+](=O)[O-])c5)c5cccc(Cl)c5n4)cc3)C(=O)C21. The van der Waals surface area contributed by atoms with Crippen molar-refractivity contribution in [3.63, 3.8) is 0 Å². The quantitative estimate of drug-likeness (QED) is 0.0593. The highest BCUT2D eigenvalue weighted by molar-refractivity contribution is 6.35. The summed E-state index contributed by atoms with van der Waals surface area (Å²) in [4.78, 5) is 69.1. The van der Waals surface area contributed by atoms with Crippen LogP contribution < -0.4 is 4.90 Å². The molecule has 0 spiro atoms. The summed E-state index contributed by atoms with van der Waals surface area (Å²) in [7, 11) is 0. The maximum absolute atomic E-state index is 13.4. The Morgan fingerprint density at radius 1 is 1.02 bits per heavy atom. The molecule has 2 aliphatic carbocycles. The first-order valence-corrected chi connectivity index (χ1v) is 14.7. The number of carbonyl (C=O) groups excluding carboxylic acids is 4. The number of allylic oxidation sites excluding steroid dienone is 2. The highest BCUT2D eigenvalue weighted by Crippen LogP contribution is 2.56. The molecule has 1 aliphatic heterocycles. The second-order valence-corrected chi connectivity index (χ2v) is 11.9. The minimum absolute atomic E-state index is 0.0399. The average Bonchev–Trinajstić information content (AvgIpc) is 3.69. The lowest BCUT2D eigenvalue weighted by Crippen LogP contribution is -2.32. The van der Waals surface area contributed by atoms with E-state index >= 15 is 0 Å². The number of benzene rings is 3. The largest absolute Gasteiger partial charge is 0.454 e. The fraction of sp³-hybridized carbons (Fsp3) is 0.206. The molecule has 10 nitrogen and oxygen atoms in total. The first-order chi connectivity index (χ1) is 21.6. The minimum Gasteiger partial charge on any atom is -0.454 e. The third-order valence-electron chi connectivity index (χ3n) is 9.03. The van der Waals surface area contributed by atoms with E-state index in [0.717, 1.165) is 12.5 Å². The van der Waals surface area contributed by atoms with Gasteiger partial charge in [0.15, 0.2) is 6.61 Å². The van der Waals surface area contributed by atoms with Crippen LogP contribution in [0.4, 0.5) is 11.4 Å². The van der Waals surface area contributed by atoms with E-state index in [1.54, 1.807) is 42.5 Å². The molecule has 7 rings (SSSR count). The summed E-state index contributed by atoms with van der Waals surface area (Å²) < 4.78 is 5.34. The molecule has 1 saturated heterocycles. The molecule has 0 radical (unpaired) electrons. The summed E-state index contributed by atoms with van der Waals surface area (Å²) in [5.41, 5.74) is 2.88. The minimum atomic E-state index is -0.806. The van der Waals surface area contributed by atoms with Crippen LogP contribution >= 0.6 is 11.6 Å². The first-order valence-electron chi connectivity index (χ1n) is 14.3. The number of ether oxygens (including phenoxy) is 1. The van der Waals surface area contributed by atoms with Crippen molar-refractivity contribution >= 4 is 57.4 Å². The van der Waals surface area contributed by atoms with Crippen LogP contribution in [0.15, 0.2) is 84.4 Å². The maximum atomic E-state index is 13.4. The second kappa shape index (κ2) is 10.7. The number of aromatic nitrogens is 1. The molecule has 2 fully saturated rings. The predicted molar refractivity (Wildman–Crippen MR) is 165 cm³/mol. The molecule has 4 unspecified atom stereocenters. The molecule has 3 aromatic carbocycles. The molecule has 3 aliphatic rings. The summed E-state index contributed by atoms with van der Waals surface area (Å²) >= 11 is 6.46. The number of fused-ring (bicyclic) bond motifs is 6. The van der Waals surface area contributed by atoms with Crippen molar-refractivity contribution in [1.29, 1.82) is 0 Å². The van der Waals surface area contributed by atoms with E-state index in [4.69, 9.17) is 16.3 Å². The first kappa shape index (κ1) is 28.5. The van der Waals surface area contributed by atoms with Gasteiger partial charge in [-0.15, -0.1) is 0 Å². The Balaban J connectivity index is 1.16. The number of rotatable bonds is 7. The Labute approximate surface area is 261 Å². The molecule has 2 heterocycles. The zero-order chi connectivity index (χ0) is 31.6. The van der Waals surface area contributed by atoms with Crippen molar-refractivity contribution in [3.05, 3.63) is 111 Å². The Bertz CT molecular complexity index is 2010. The van der Waals surface area contributed by atoms with Gasteiger partial charge in [-0.25, -0.2) is 9.78 Å². The Kier molecular flexibility index (Phi) is 6.81. The van der Waals surface area contributed by atoms with Gasteiger partial charge in [0.2, 0.25) is 17.6 Å². The number of hydrogen-bond donors (Lipinski definition) is 0. The van der Waals surface area contributed by atoms with E-state index in [0.29, 0.717) is 32.9 Å². The third kappa shape index (κ3) is 4.69. The average molecular weight is 622 g/mol. The van der Waals surface area contributed by atoms with Crippen LogP contribution in [-0.4, -0.2) is 40.1 Å². The second-order valence-electron chi connectivity index (χ2n) is 11.5. The number of para-hydroxylation sites is 1. The predicted octanol–water partition coefficient (Wildman–Crippen LogP) is 6.20. The fourth-order valence-electron chi connectivity index (χ4n) is 6.93.